The van der Waals surface area contributed by atoms with E-state index < -0.39 is 0 Å². The molecule has 1 heterocycles. The summed E-state index contributed by atoms with van der Waals surface area (Å²) < 4.78 is 0. The standard InChI is InChI=1S/C17H28N2/c1-4-15(18)14-8-6-7-9-16(14)19-12-10-17(3,5-2)11-13-19/h6-9,15H,4-5,10-13,18H2,1-3H3/t15-/m1/s1. The highest BCUT2D eigenvalue weighted by atomic mass is 15.1. The van der Waals surface area contributed by atoms with Gasteiger partial charge in [-0.25, -0.2) is 0 Å². The van der Waals surface area contributed by atoms with E-state index in [0.717, 1.165) is 19.5 Å². The van der Waals surface area contributed by atoms with E-state index in [4.69, 9.17) is 5.73 Å². The molecule has 0 radical (unpaired) electrons. The normalized spacial score (nSPS) is 20.3. The first-order valence-corrected chi connectivity index (χ1v) is 7.69. The quantitative estimate of drug-likeness (QED) is 0.882. The molecular weight excluding hydrogens is 232 g/mol. The Kier molecular flexibility index (Phi) is 4.51. The minimum absolute atomic E-state index is 0.163. The molecule has 0 unspecified atom stereocenters. The molecule has 1 fully saturated rings. The molecule has 2 heteroatoms. The zero-order valence-corrected chi connectivity index (χ0v) is 12.7. The molecule has 0 aromatic heterocycles. The third-order valence-electron chi connectivity index (χ3n) is 4.94. The lowest BCUT2D eigenvalue weighted by atomic mass is 9.78. The van der Waals surface area contributed by atoms with Crippen LogP contribution in [0.4, 0.5) is 5.69 Å². The van der Waals surface area contributed by atoms with Crippen molar-refractivity contribution in [3.63, 3.8) is 0 Å². The summed E-state index contributed by atoms with van der Waals surface area (Å²) in [5.41, 5.74) is 9.46. The van der Waals surface area contributed by atoms with Gasteiger partial charge in [0.25, 0.3) is 0 Å². The van der Waals surface area contributed by atoms with E-state index in [-0.39, 0.29) is 6.04 Å². The molecule has 2 nitrogen and oxygen atoms in total. The molecule has 0 aliphatic carbocycles. The maximum absolute atomic E-state index is 6.25. The number of nitrogens with two attached hydrogens (primary N) is 1. The van der Waals surface area contributed by atoms with Gasteiger partial charge in [-0.15, -0.1) is 0 Å². The third kappa shape index (κ3) is 3.11. The molecule has 0 amide bonds. The molecule has 1 aliphatic heterocycles. The Hall–Kier alpha value is -1.02. The first kappa shape index (κ1) is 14.4. The summed E-state index contributed by atoms with van der Waals surface area (Å²) in [4.78, 5) is 2.53. The van der Waals surface area contributed by atoms with Crippen LogP contribution in [-0.4, -0.2) is 13.1 Å². The number of piperidine rings is 1. The van der Waals surface area contributed by atoms with Crippen molar-refractivity contribution in [2.24, 2.45) is 11.1 Å². The van der Waals surface area contributed by atoms with Gasteiger partial charge < -0.3 is 10.6 Å². The van der Waals surface area contributed by atoms with Crippen molar-refractivity contribution >= 4 is 5.69 Å². The summed E-state index contributed by atoms with van der Waals surface area (Å²) in [6, 6.07) is 8.83. The van der Waals surface area contributed by atoms with E-state index >= 15 is 0 Å². The highest BCUT2D eigenvalue weighted by molar-refractivity contribution is 5.55. The molecule has 19 heavy (non-hydrogen) atoms. The predicted octanol–water partition coefficient (Wildman–Crippen LogP) is 4.11. The SMILES string of the molecule is CC[C@@H](N)c1ccccc1N1CCC(C)(CC)CC1. The molecule has 1 atom stereocenters. The molecule has 1 saturated heterocycles. The second-order valence-corrected chi connectivity index (χ2v) is 6.22. The minimum atomic E-state index is 0.163. The Morgan fingerprint density at radius 2 is 1.84 bits per heavy atom. The van der Waals surface area contributed by atoms with Gasteiger partial charge >= 0.3 is 0 Å². The number of benzene rings is 1. The van der Waals surface area contributed by atoms with Crippen LogP contribution in [0.2, 0.25) is 0 Å². The van der Waals surface area contributed by atoms with Gasteiger partial charge in [-0.3, -0.25) is 0 Å². The molecule has 0 bridgehead atoms. The lowest BCUT2D eigenvalue weighted by molar-refractivity contribution is 0.238. The molecule has 106 valence electrons. The second-order valence-electron chi connectivity index (χ2n) is 6.22. The Morgan fingerprint density at radius 3 is 2.42 bits per heavy atom. The van der Waals surface area contributed by atoms with Crippen molar-refractivity contribution in [2.45, 2.75) is 52.5 Å². The average molecular weight is 260 g/mol. The summed E-state index contributed by atoms with van der Waals surface area (Å²) in [7, 11) is 0. The Bertz CT molecular complexity index is 405. The molecule has 1 aromatic carbocycles. The molecular formula is C17H28N2. The van der Waals surface area contributed by atoms with Gasteiger partial charge in [-0.05, 0) is 36.3 Å². The highest BCUT2D eigenvalue weighted by Gasteiger charge is 2.29. The van der Waals surface area contributed by atoms with Crippen LogP contribution >= 0.6 is 0 Å². The summed E-state index contributed by atoms with van der Waals surface area (Å²) in [6.45, 7) is 9.23. The fourth-order valence-corrected chi connectivity index (χ4v) is 2.95. The van der Waals surface area contributed by atoms with Crippen molar-refractivity contribution in [2.75, 3.05) is 18.0 Å². The summed E-state index contributed by atoms with van der Waals surface area (Å²) in [5.74, 6) is 0. The number of anilines is 1. The van der Waals surface area contributed by atoms with Crippen LogP contribution in [0.25, 0.3) is 0 Å². The highest BCUT2D eigenvalue weighted by Crippen LogP contribution is 2.37. The van der Waals surface area contributed by atoms with Gasteiger partial charge in [-0.2, -0.15) is 0 Å². The minimum Gasteiger partial charge on any atom is -0.371 e. The maximum Gasteiger partial charge on any atom is 0.0414 e. The van der Waals surface area contributed by atoms with Gasteiger partial charge in [0.1, 0.15) is 0 Å². The molecule has 2 rings (SSSR count). The van der Waals surface area contributed by atoms with E-state index in [0.29, 0.717) is 5.41 Å². The first-order chi connectivity index (χ1) is 9.09. The van der Waals surface area contributed by atoms with E-state index in [1.54, 1.807) is 0 Å². The Balaban J connectivity index is 2.15. The Labute approximate surface area is 118 Å². The number of hydrogen-bond acceptors (Lipinski definition) is 2. The molecule has 1 aliphatic rings. The monoisotopic (exact) mass is 260 g/mol. The van der Waals surface area contributed by atoms with Crippen LogP contribution in [0, 0.1) is 5.41 Å². The summed E-state index contributed by atoms with van der Waals surface area (Å²) in [6.07, 6.45) is 4.87. The fourth-order valence-electron chi connectivity index (χ4n) is 2.95. The fraction of sp³-hybridized carbons (Fsp3) is 0.647. The van der Waals surface area contributed by atoms with Crippen molar-refractivity contribution in [3.8, 4) is 0 Å². The van der Waals surface area contributed by atoms with Crippen LogP contribution in [0.15, 0.2) is 24.3 Å². The second kappa shape index (κ2) is 5.96. The van der Waals surface area contributed by atoms with Crippen LogP contribution in [0.5, 0.6) is 0 Å². The van der Waals surface area contributed by atoms with Crippen molar-refractivity contribution in [1.82, 2.24) is 0 Å². The summed E-state index contributed by atoms with van der Waals surface area (Å²) >= 11 is 0. The van der Waals surface area contributed by atoms with E-state index in [9.17, 15) is 0 Å². The molecule has 1 aromatic rings. The maximum atomic E-state index is 6.25. The van der Waals surface area contributed by atoms with E-state index in [1.165, 1.54) is 30.5 Å². The summed E-state index contributed by atoms with van der Waals surface area (Å²) in [5, 5.41) is 0. The van der Waals surface area contributed by atoms with Crippen LogP contribution < -0.4 is 10.6 Å². The van der Waals surface area contributed by atoms with E-state index in [1.807, 2.05) is 0 Å². The van der Waals surface area contributed by atoms with Crippen molar-refractivity contribution in [1.29, 1.82) is 0 Å². The molecule has 0 spiro atoms. The van der Waals surface area contributed by atoms with Crippen molar-refractivity contribution in [3.05, 3.63) is 29.8 Å². The van der Waals surface area contributed by atoms with Crippen LogP contribution in [0.1, 0.15) is 58.1 Å². The zero-order valence-electron chi connectivity index (χ0n) is 12.7. The van der Waals surface area contributed by atoms with Gasteiger partial charge in [0.2, 0.25) is 0 Å². The topological polar surface area (TPSA) is 29.3 Å². The number of hydrogen-bond donors (Lipinski definition) is 1. The zero-order chi connectivity index (χ0) is 13.9. The smallest absolute Gasteiger partial charge is 0.0414 e. The molecule has 0 saturated carbocycles. The lowest BCUT2D eigenvalue weighted by Gasteiger charge is -2.41. The van der Waals surface area contributed by atoms with Gasteiger partial charge in [0.05, 0.1) is 0 Å². The van der Waals surface area contributed by atoms with Crippen LogP contribution in [0.3, 0.4) is 0 Å². The largest absolute Gasteiger partial charge is 0.371 e. The number of rotatable bonds is 4. The first-order valence-electron chi connectivity index (χ1n) is 7.69. The average Bonchev–Trinajstić information content (AvgIpc) is 2.47. The van der Waals surface area contributed by atoms with Gasteiger partial charge in [-0.1, -0.05) is 45.4 Å². The third-order valence-corrected chi connectivity index (χ3v) is 4.94. The van der Waals surface area contributed by atoms with Crippen LogP contribution in [-0.2, 0) is 0 Å². The predicted molar refractivity (Wildman–Crippen MR) is 83.5 cm³/mol. The molecule has 2 N–H and O–H groups in total. The lowest BCUT2D eigenvalue weighted by Crippen LogP contribution is -2.39. The van der Waals surface area contributed by atoms with E-state index in [2.05, 4.69) is 49.9 Å². The number of nitrogens with zero attached hydrogens (tertiary/aromatic N) is 1. The van der Waals surface area contributed by atoms with Crippen molar-refractivity contribution < 1.29 is 0 Å². The van der Waals surface area contributed by atoms with Gasteiger partial charge in [0, 0.05) is 24.8 Å². The Morgan fingerprint density at radius 1 is 1.21 bits per heavy atom. The van der Waals surface area contributed by atoms with Gasteiger partial charge in [0.15, 0.2) is 0 Å². The number of para-hydroxylation sites is 1.